The van der Waals surface area contributed by atoms with Crippen molar-refractivity contribution >= 4 is 28.7 Å². The van der Waals surface area contributed by atoms with Gasteiger partial charge in [0.05, 0.1) is 32.9 Å². The highest BCUT2D eigenvalue weighted by Crippen LogP contribution is 2.35. The van der Waals surface area contributed by atoms with Gasteiger partial charge >= 0.3 is 6.18 Å². The fraction of sp³-hybridized carbons (Fsp3) is 0.0714. The molecule has 0 fully saturated rings. The van der Waals surface area contributed by atoms with Gasteiger partial charge < -0.3 is 0 Å². The van der Waals surface area contributed by atoms with Gasteiger partial charge in [-0.2, -0.15) is 13.2 Å². The van der Waals surface area contributed by atoms with E-state index in [0.29, 0.717) is 26.9 Å². The molecule has 21 heavy (non-hydrogen) atoms. The number of hydrogen-bond acceptors (Lipinski definition) is 1. The third-order valence-electron chi connectivity index (χ3n) is 3.05. The van der Waals surface area contributed by atoms with Gasteiger partial charge in [-0.3, -0.25) is 4.40 Å². The molecule has 2 aromatic heterocycles. The summed E-state index contributed by atoms with van der Waals surface area (Å²) in [7, 11) is 0. The molecule has 0 unspecified atom stereocenters. The summed E-state index contributed by atoms with van der Waals surface area (Å²) in [5.74, 6) is 0.398. The summed E-state index contributed by atoms with van der Waals surface area (Å²) in [6, 6.07) is 7.00. The molecule has 2 heterocycles. The van der Waals surface area contributed by atoms with Gasteiger partial charge in [0.15, 0.2) is 0 Å². The number of hydrogen-bond donors (Lipinski definition) is 0. The summed E-state index contributed by atoms with van der Waals surface area (Å²) in [5.41, 5.74) is 0.0723. The van der Waals surface area contributed by atoms with Crippen molar-refractivity contribution in [3.8, 4) is 11.4 Å². The molecule has 0 N–H and O–H groups in total. The number of aromatic nitrogens is 2. The monoisotopic (exact) mass is 330 g/mol. The lowest BCUT2D eigenvalue weighted by atomic mass is 10.2. The molecule has 0 spiro atoms. The topological polar surface area (TPSA) is 17.3 Å². The highest BCUT2D eigenvalue weighted by Gasteiger charge is 2.30. The molecule has 0 bridgehead atoms. The second-order valence-electron chi connectivity index (χ2n) is 4.39. The minimum Gasteiger partial charge on any atom is -0.300 e. The highest BCUT2D eigenvalue weighted by atomic mass is 35.5. The zero-order chi connectivity index (χ0) is 15.2. The van der Waals surface area contributed by atoms with Crippen LogP contribution in [0.4, 0.5) is 13.2 Å². The van der Waals surface area contributed by atoms with E-state index in [9.17, 15) is 13.2 Å². The fourth-order valence-electron chi connectivity index (χ4n) is 2.07. The first-order valence-corrected chi connectivity index (χ1v) is 6.62. The van der Waals surface area contributed by atoms with E-state index in [1.165, 1.54) is 16.8 Å². The van der Waals surface area contributed by atoms with E-state index in [0.717, 1.165) is 12.1 Å². The first-order valence-electron chi connectivity index (χ1n) is 5.86. The van der Waals surface area contributed by atoms with E-state index < -0.39 is 11.7 Å². The van der Waals surface area contributed by atoms with Crippen LogP contribution in [0.25, 0.3) is 16.9 Å². The van der Waals surface area contributed by atoms with Crippen molar-refractivity contribution in [1.82, 2.24) is 9.38 Å². The Bertz CT molecular complexity index is 804. The van der Waals surface area contributed by atoms with Crippen LogP contribution in [0.5, 0.6) is 0 Å². The number of pyridine rings is 1. The number of fused-ring (bicyclic) bond motifs is 1. The SMILES string of the molecule is FC(F)(F)c1ccn2c(-c3c(Cl)cccc3Cl)ncc2c1. The van der Waals surface area contributed by atoms with Crippen LogP contribution in [0.15, 0.2) is 42.7 Å². The Kier molecular flexibility index (Phi) is 3.34. The molecule has 0 saturated heterocycles. The number of nitrogens with zero attached hydrogens (tertiary/aromatic N) is 2. The number of imidazole rings is 1. The smallest absolute Gasteiger partial charge is 0.300 e. The number of halogens is 5. The molecule has 3 aromatic rings. The van der Waals surface area contributed by atoms with Gasteiger partial charge in [-0.1, -0.05) is 29.3 Å². The average molecular weight is 331 g/mol. The molecule has 0 radical (unpaired) electrons. The van der Waals surface area contributed by atoms with Crippen molar-refractivity contribution in [3.05, 3.63) is 58.3 Å². The van der Waals surface area contributed by atoms with Crippen molar-refractivity contribution in [2.75, 3.05) is 0 Å². The maximum absolute atomic E-state index is 12.7. The zero-order valence-corrected chi connectivity index (χ0v) is 11.8. The molecule has 0 aliphatic carbocycles. The largest absolute Gasteiger partial charge is 0.416 e. The molecule has 3 rings (SSSR count). The molecular formula is C14H7Cl2F3N2. The first kappa shape index (κ1) is 14.2. The van der Waals surface area contributed by atoms with Crippen molar-refractivity contribution in [1.29, 1.82) is 0 Å². The van der Waals surface area contributed by atoms with Gasteiger partial charge in [0.25, 0.3) is 0 Å². The lowest BCUT2D eigenvalue weighted by Crippen LogP contribution is -2.05. The second kappa shape index (κ2) is 4.93. The Balaban J connectivity index is 2.22. The van der Waals surface area contributed by atoms with E-state index in [-0.39, 0.29) is 0 Å². The Morgan fingerprint density at radius 1 is 1.05 bits per heavy atom. The molecule has 0 aliphatic heterocycles. The van der Waals surface area contributed by atoms with Crippen molar-refractivity contribution < 1.29 is 13.2 Å². The Morgan fingerprint density at radius 2 is 1.71 bits per heavy atom. The molecule has 0 atom stereocenters. The standard InChI is InChI=1S/C14H7Cl2F3N2/c15-10-2-1-3-11(16)12(10)13-20-7-9-6-8(14(17,18)19)4-5-21(9)13/h1-7H. The van der Waals surface area contributed by atoms with Gasteiger partial charge in [0.2, 0.25) is 0 Å². The normalized spacial score (nSPS) is 12.0. The lowest BCUT2D eigenvalue weighted by molar-refractivity contribution is -0.137. The Hall–Kier alpha value is -1.72. The van der Waals surface area contributed by atoms with Crippen molar-refractivity contribution in [2.45, 2.75) is 6.18 Å². The van der Waals surface area contributed by atoms with Crippen LogP contribution in [-0.2, 0) is 6.18 Å². The third kappa shape index (κ3) is 2.47. The predicted molar refractivity (Wildman–Crippen MR) is 75.7 cm³/mol. The van der Waals surface area contributed by atoms with Crippen LogP contribution < -0.4 is 0 Å². The van der Waals surface area contributed by atoms with E-state index in [4.69, 9.17) is 23.2 Å². The van der Waals surface area contributed by atoms with Crippen LogP contribution in [0, 0.1) is 0 Å². The van der Waals surface area contributed by atoms with Gasteiger partial charge in [-0.15, -0.1) is 0 Å². The summed E-state index contributed by atoms with van der Waals surface area (Å²) >= 11 is 12.2. The molecule has 2 nitrogen and oxygen atoms in total. The quantitative estimate of drug-likeness (QED) is 0.589. The predicted octanol–water partition coefficient (Wildman–Crippen LogP) is 5.33. The van der Waals surface area contributed by atoms with Crippen LogP contribution in [0.1, 0.15) is 5.56 Å². The summed E-state index contributed by atoms with van der Waals surface area (Å²) in [5, 5.41) is 0.768. The van der Waals surface area contributed by atoms with Gasteiger partial charge in [-0.05, 0) is 24.3 Å². The van der Waals surface area contributed by atoms with Crippen molar-refractivity contribution in [3.63, 3.8) is 0 Å². The zero-order valence-electron chi connectivity index (χ0n) is 10.3. The molecule has 0 saturated carbocycles. The van der Waals surface area contributed by atoms with Gasteiger partial charge in [0.1, 0.15) is 5.82 Å². The minimum atomic E-state index is -4.39. The van der Waals surface area contributed by atoms with Crippen molar-refractivity contribution in [2.24, 2.45) is 0 Å². The summed E-state index contributed by atoms with van der Waals surface area (Å²) < 4.78 is 39.6. The second-order valence-corrected chi connectivity index (χ2v) is 5.20. The van der Waals surface area contributed by atoms with E-state index in [1.807, 2.05) is 0 Å². The van der Waals surface area contributed by atoms with E-state index >= 15 is 0 Å². The molecular weight excluding hydrogens is 324 g/mol. The summed E-state index contributed by atoms with van der Waals surface area (Å²) in [6.07, 6.45) is -1.74. The maximum atomic E-state index is 12.7. The molecule has 108 valence electrons. The van der Waals surface area contributed by atoms with Gasteiger partial charge in [-0.25, -0.2) is 4.98 Å². The fourth-order valence-corrected chi connectivity index (χ4v) is 2.64. The summed E-state index contributed by atoms with van der Waals surface area (Å²) in [6.45, 7) is 0. The highest BCUT2D eigenvalue weighted by molar-refractivity contribution is 6.39. The third-order valence-corrected chi connectivity index (χ3v) is 3.68. The number of alkyl halides is 3. The first-order chi connectivity index (χ1) is 9.88. The van der Waals surface area contributed by atoms with Crippen LogP contribution >= 0.6 is 23.2 Å². The molecule has 7 heteroatoms. The van der Waals surface area contributed by atoms with Crippen LogP contribution in [0.3, 0.4) is 0 Å². The summed E-state index contributed by atoms with van der Waals surface area (Å²) in [4.78, 5) is 4.14. The lowest BCUT2D eigenvalue weighted by Gasteiger charge is -2.09. The Labute approximate surface area is 127 Å². The Morgan fingerprint density at radius 3 is 2.33 bits per heavy atom. The van der Waals surface area contributed by atoms with E-state index in [1.54, 1.807) is 18.2 Å². The van der Waals surface area contributed by atoms with Crippen LogP contribution in [0.2, 0.25) is 10.0 Å². The molecule has 0 amide bonds. The molecule has 1 aromatic carbocycles. The average Bonchev–Trinajstić information content (AvgIpc) is 2.81. The minimum absolute atomic E-state index is 0.316. The van der Waals surface area contributed by atoms with Gasteiger partial charge in [0, 0.05) is 6.20 Å². The number of benzene rings is 1. The number of rotatable bonds is 1. The molecule has 0 aliphatic rings. The maximum Gasteiger partial charge on any atom is 0.416 e. The van der Waals surface area contributed by atoms with Crippen LogP contribution in [-0.4, -0.2) is 9.38 Å². The van der Waals surface area contributed by atoms with E-state index in [2.05, 4.69) is 4.98 Å².